The van der Waals surface area contributed by atoms with Gasteiger partial charge in [0.05, 0.1) is 13.9 Å². The Kier molecular flexibility index (Phi) is 7.55. The van der Waals surface area contributed by atoms with Gasteiger partial charge < -0.3 is 9.64 Å². The Hall–Kier alpha value is -2.17. The summed E-state index contributed by atoms with van der Waals surface area (Å²) in [5, 5.41) is -0.457. The van der Waals surface area contributed by atoms with Crippen molar-refractivity contribution in [3.63, 3.8) is 0 Å². The van der Waals surface area contributed by atoms with Crippen LogP contribution in [0.1, 0.15) is 24.0 Å². The van der Waals surface area contributed by atoms with E-state index in [1.165, 1.54) is 6.07 Å². The highest BCUT2D eigenvalue weighted by molar-refractivity contribution is 9.11. The second-order valence-electron chi connectivity index (χ2n) is 7.55. The van der Waals surface area contributed by atoms with Gasteiger partial charge in [0.15, 0.2) is 0 Å². The monoisotopic (exact) mass is 596 g/mol. The summed E-state index contributed by atoms with van der Waals surface area (Å²) in [6.07, 6.45) is 3.48. The van der Waals surface area contributed by atoms with Crippen LogP contribution in [-0.2, 0) is 16.2 Å². The number of halogens is 3. The van der Waals surface area contributed by atoms with Gasteiger partial charge in [0, 0.05) is 18.7 Å². The van der Waals surface area contributed by atoms with Gasteiger partial charge in [-0.25, -0.2) is 4.39 Å². The zero-order chi connectivity index (χ0) is 23.5. The predicted octanol–water partition coefficient (Wildman–Crippen LogP) is 5.59. The molecular weight excluding hydrogens is 579 g/mol. The van der Waals surface area contributed by atoms with E-state index < -0.39 is 11.1 Å². The van der Waals surface area contributed by atoms with E-state index in [1.54, 1.807) is 41.3 Å². The first-order valence-electron chi connectivity index (χ1n) is 10.2. The second-order valence-corrected chi connectivity index (χ2v) is 10.3. The first-order valence-corrected chi connectivity index (χ1v) is 12.6. The number of carbonyl (C=O) groups is 3. The molecule has 0 atom stereocenters. The van der Waals surface area contributed by atoms with Crippen LogP contribution in [0.5, 0.6) is 5.75 Å². The number of rotatable bonds is 6. The summed E-state index contributed by atoms with van der Waals surface area (Å²) in [7, 11) is 0. The Morgan fingerprint density at radius 2 is 1.79 bits per heavy atom. The van der Waals surface area contributed by atoms with Crippen molar-refractivity contribution >= 4 is 66.8 Å². The van der Waals surface area contributed by atoms with E-state index >= 15 is 0 Å². The van der Waals surface area contributed by atoms with Crippen LogP contribution < -0.4 is 4.74 Å². The van der Waals surface area contributed by atoms with E-state index in [9.17, 15) is 18.8 Å². The van der Waals surface area contributed by atoms with Crippen LogP contribution in [0.2, 0.25) is 0 Å². The van der Waals surface area contributed by atoms with Gasteiger partial charge in [-0.3, -0.25) is 19.3 Å². The van der Waals surface area contributed by atoms with Crippen LogP contribution in [0.25, 0.3) is 6.08 Å². The molecule has 3 amide bonds. The maximum Gasteiger partial charge on any atom is 0.294 e. The van der Waals surface area contributed by atoms with Crippen LogP contribution in [0.3, 0.4) is 0 Å². The average Bonchev–Trinajstić information content (AvgIpc) is 3.39. The number of nitrogens with zero attached hydrogens (tertiary/aromatic N) is 2. The second kappa shape index (κ2) is 10.4. The highest BCUT2D eigenvalue weighted by Crippen LogP contribution is 2.38. The quantitative estimate of drug-likeness (QED) is 0.406. The third-order valence-electron chi connectivity index (χ3n) is 5.27. The Morgan fingerprint density at radius 1 is 1.12 bits per heavy atom. The smallest absolute Gasteiger partial charge is 0.294 e. The summed E-state index contributed by atoms with van der Waals surface area (Å²) in [5.41, 5.74) is 1.08. The van der Waals surface area contributed by atoms with Gasteiger partial charge >= 0.3 is 0 Å². The molecule has 2 heterocycles. The molecule has 0 bridgehead atoms. The molecule has 4 rings (SSSR count). The van der Waals surface area contributed by atoms with Crippen LogP contribution in [-0.4, -0.2) is 46.5 Å². The molecule has 2 aromatic rings. The van der Waals surface area contributed by atoms with E-state index in [2.05, 4.69) is 31.9 Å². The number of imide groups is 1. The number of amides is 3. The molecule has 0 spiro atoms. The minimum atomic E-state index is -0.482. The van der Waals surface area contributed by atoms with Gasteiger partial charge in [-0.2, -0.15) is 0 Å². The summed E-state index contributed by atoms with van der Waals surface area (Å²) in [5.74, 6) is -0.553. The zero-order valence-corrected chi connectivity index (χ0v) is 21.3. The van der Waals surface area contributed by atoms with E-state index in [4.69, 9.17) is 4.74 Å². The Balaban J connectivity index is 1.47. The Morgan fingerprint density at radius 3 is 2.45 bits per heavy atom. The molecule has 2 aliphatic rings. The van der Waals surface area contributed by atoms with Crippen LogP contribution in [0.15, 0.2) is 50.2 Å². The summed E-state index contributed by atoms with van der Waals surface area (Å²) in [6.45, 7) is 1.14. The number of carbonyl (C=O) groups excluding carboxylic acids is 3. The third kappa shape index (κ3) is 5.50. The number of thioether (sulfide) groups is 1. The fourth-order valence-corrected chi connectivity index (χ4v) is 5.84. The molecule has 0 radical (unpaired) electrons. The largest absolute Gasteiger partial charge is 0.486 e. The lowest BCUT2D eigenvalue weighted by atomic mass is 10.2. The molecule has 0 saturated carbocycles. The van der Waals surface area contributed by atoms with Crippen molar-refractivity contribution in [2.24, 2.45) is 0 Å². The lowest BCUT2D eigenvalue weighted by Crippen LogP contribution is -2.40. The number of hydrogen-bond donors (Lipinski definition) is 0. The minimum absolute atomic E-state index is 0.0488. The van der Waals surface area contributed by atoms with Crippen LogP contribution >= 0.6 is 43.6 Å². The number of benzene rings is 2. The normalized spacial score (nSPS) is 17.4. The van der Waals surface area contributed by atoms with Crippen molar-refractivity contribution in [2.75, 3.05) is 19.6 Å². The summed E-state index contributed by atoms with van der Waals surface area (Å²) < 4.78 is 20.8. The van der Waals surface area contributed by atoms with Gasteiger partial charge in [0.2, 0.25) is 5.91 Å². The van der Waals surface area contributed by atoms with Gasteiger partial charge in [0.25, 0.3) is 11.1 Å². The molecule has 2 aliphatic heterocycles. The molecule has 0 unspecified atom stereocenters. The first-order chi connectivity index (χ1) is 15.8. The Labute approximate surface area is 211 Å². The molecule has 172 valence electrons. The molecule has 0 N–H and O–H groups in total. The maximum absolute atomic E-state index is 13.9. The average molecular weight is 598 g/mol. The van der Waals surface area contributed by atoms with Crippen molar-refractivity contribution in [3.8, 4) is 5.75 Å². The lowest BCUT2D eigenvalue weighted by Gasteiger charge is -2.18. The van der Waals surface area contributed by atoms with E-state index in [0.717, 1.165) is 29.5 Å². The van der Waals surface area contributed by atoms with Crippen molar-refractivity contribution in [1.82, 2.24) is 9.80 Å². The maximum atomic E-state index is 13.9. The number of likely N-dealkylation sites (tertiary alicyclic amines) is 1. The highest BCUT2D eigenvalue weighted by atomic mass is 79.9. The number of hydrogen-bond acceptors (Lipinski definition) is 5. The highest BCUT2D eigenvalue weighted by Gasteiger charge is 2.37. The molecule has 33 heavy (non-hydrogen) atoms. The molecule has 10 heteroatoms. The molecule has 0 aliphatic carbocycles. The number of ether oxygens (including phenoxy) is 1. The van der Waals surface area contributed by atoms with Crippen molar-refractivity contribution in [1.29, 1.82) is 0 Å². The van der Waals surface area contributed by atoms with Crippen molar-refractivity contribution in [2.45, 2.75) is 19.4 Å². The van der Waals surface area contributed by atoms with E-state index in [-0.39, 0.29) is 29.8 Å². The van der Waals surface area contributed by atoms with E-state index in [1.807, 2.05) is 0 Å². The fraction of sp³-hybridized carbons (Fsp3) is 0.261. The van der Waals surface area contributed by atoms with Gasteiger partial charge in [-0.15, -0.1) is 0 Å². The molecule has 2 saturated heterocycles. The SMILES string of the molecule is O=C(CN1C(=O)S/C(=C\c2cc(Br)c(OCc3ccccc3F)c(Br)c2)C1=O)N1CCCC1. The summed E-state index contributed by atoms with van der Waals surface area (Å²) in [6, 6.07) is 9.85. The molecule has 6 nitrogen and oxygen atoms in total. The molecule has 2 fully saturated rings. The predicted molar refractivity (Wildman–Crippen MR) is 131 cm³/mol. The van der Waals surface area contributed by atoms with Crippen molar-refractivity contribution < 1.29 is 23.5 Å². The zero-order valence-electron chi connectivity index (χ0n) is 17.4. The van der Waals surface area contributed by atoms with Gasteiger partial charge in [-0.1, -0.05) is 18.2 Å². The molecular formula is C23H19Br2FN2O4S. The fourth-order valence-electron chi connectivity index (χ4n) is 3.56. The van der Waals surface area contributed by atoms with Crippen LogP contribution in [0.4, 0.5) is 9.18 Å². The Bertz CT molecular complexity index is 1130. The topological polar surface area (TPSA) is 66.9 Å². The van der Waals surface area contributed by atoms with Crippen molar-refractivity contribution in [3.05, 3.63) is 67.2 Å². The lowest BCUT2D eigenvalue weighted by molar-refractivity contribution is -0.135. The van der Waals surface area contributed by atoms with Gasteiger partial charge in [-0.05, 0) is 86.3 Å². The van der Waals surface area contributed by atoms with E-state index in [0.29, 0.717) is 38.9 Å². The van der Waals surface area contributed by atoms with Crippen LogP contribution in [0, 0.1) is 5.82 Å². The minimum Gasteiger partial charge on any atom is -0.486 e. The molecule has 0 aromatic heterocycles. The first kappa shape index (κ1) is 24.0. The summed E-state index contributed by atoms with van der Waals surface area (Å²) >= 11 is 7.71. The standard InChI is InChI=1S/C23H19Br2FN2O4S/c24-16-9-14(10-17(25)21(16)32-13-15-5-1-2-6-18(15)26)11-19-22(30)28(23(31)33-19)12-20(29)27-7-3-4-8-27/h1-2,5-6,9-11H,3-4,7-8,12-13H2/b19-11-. The summed E-state index contributed by atoms with van der Waals surface area (Å²) in [4.78, 5) is 40.4. The molecule has 2 aromatic carbocycles. The van der Waals surface area contributed by atoms with Gasteiger partial charge in [0.1, 0.15) is 24.7 Å². The third-order valence-corrected chi connectivity index (χ3v) is 7.36.